The maximum absolute atomic E-state index is 12.5. The van der Waals surface area contributed by atoms with E-state index in [-0.39, 0.29) is 19.0 Å². The van der Waals surface area contributed by atoms with Gasteiger partial charge in [-0.05, 0) is 31.7 Å². The summed E-state index contributed by atoms with van der Waals surface area (Å²) in [6.45, 7) is 0.875. The number of alkyl halides is 3. The first kappa shape index (κ1) is 16.2. The highest BCUT2D eigenvalue weighted by molar-refractivity contribution is 5.81. The van der Waals surface area contributed by atoms with Crippen LogP contribution >= 0.6 is 0 Å². The van der Waals surface area contributed by atoms with Crippen molar-refractivity contribution in [2.45, 2.75) is 37.9 Å². The Hall–Kier alpha value is -0.820. The van der Waals surface area contributed by atoms with Crippen LogP contribution in [0, 0.1) is 5.92 Å². The second kappa shape index (κ2) is 6.09. The Morgan fingerprint density at radius 1 is 1.37 bits per heavy atom. The molecule has 0 aromatic heterocycles. The van der Waals surface area contributed by atoms with E-state index in [1.54, 1.807) is 6.92 Å². The second-order valence-corrected chi connectivity index (χ2v) is 5.13. The van der Waals surface area contributed by atoms with E-state index in [9.17, 15) is 18.0 Å². The van der Waals surface area contributed by atoms with E-state index < -0.39 is 24.2 Å². The monoisotopic (exact) mass is 282 g/mol. The molecule has 4 nitrogen and oxygen atoms in total. The summed E-state index contributed by atoms with van der Waals surface area (Å²) in [7, 11) is 1.21. The summed E-state index contributed by atoms with van der Waals surface area (Å²) >= 11 is 0. The number of nitrogens with zero attached hydrogens (tertiary/aromatic N) is 1. The summed E-state index contributed by atoms with van der Waals surface area (Å²) in [6, 6.07) is 0. The molecule has 0 heterocycles. The SMILES string of the molecule is CCCN(CC(F)(F)F)CC(N)(C(=O)OC)C1CC1. The zero-order valence-corrected chi connectivity index (χ0v) is 11.3. The molecule has 0 aromatic carbocycles. The fraction of sp³-hybridized carbons (Fsp3) is 0.917. The van der Waals surface area contributed by atoms with E-state index in [0.717, 1.165) is 12.8 Å². The Bertz CT molecular complexity index is 319. The fourth-order valence-corrected chi connectivity index (χ4v) is 2.30. The van der Waals surface area contributed by atoms with Gasteiger partial charge in [-0.3, -0.25) is 9.69 Å². The first-order chi connectivity index (χ1) is 8.73. The molecule has 1 aliphatic carbocycles. The molecule has 7 heteroatoms. The van der Waals surface area contributed by atoms with Crippen molar-refractivity contribution in [3.8, 4) is 0 Å². The van der Waals surface area contributed by atoms with Crippen molar-refractivity contribution in [2.24, 2.45) is 11.7 Å². The number of methoxy groups -OCH3 is 1. The zero-order valence-electron chi connectivity index (χ0n) is 11.3. The molecule has 0 spiro atoms. The Labute approximate surface area is 111 Å². The average molecular weight is 282 g/mol. The summed E-state index contributed by atoms with van der Waals surface area (Å²) in [5.74, 6) is -0.703. The van der Waals surface area contributed by atoms with Gasteiger partial charge in [-0.1, -0.05) is 6.92 Å². The number of hydrogen-bond acceptors (Lipinski definition) is 4. The van der Waals surface area contributed by atoms with Crippen molar-refractivity contribution in [2.75, 3.05) is 26.7 Å². The van der Waals surface area contributed by atoms with Crippen molar-refractivity contribution in [1.29, 1.82) is 0 Å². The highest BCUT2D eigenvalue weighted by Gasteiger charge is 2.50. The molecule has 0 aliphatic heterocycles. The van der Waals surface area contributed by atoms with Gasteiger partial charge < -0.3 is 10.5 Å². The Balaban J connectivity index is 2.76. The first-order valence-electron chi connectivity index (χ1n) is 6.39. The van der Waals surface area contributed by atoms with Gasteiger partial charge in [-0.25, -0.2) is 0 Å². The lowest BCUT2D eigenvalue weighted by molar-refractivity contribution is -0.157. The lowest BCUT2D eigenvalue weighted by atomic mass is 9.93. The number of esters is 1. The summed E-state index contributed by atoms with van der Waals surface area (Å²) < 4.78 is 42.2. The van der Waals surface area contributed by atoms with Gasteiger partial charge >= 0.3 is 12.1 Å². The van der Waals surface area contributed by atoms with Crippen LogP contribution in [0.2, 0.25) is 0 Å². The molecule has 1 rings (SSSR count). The fourth-order valence-electron chi connectivity index (χ4n) is 2.30. The molecule has 1 saturated carbocycles. The minimum atomic E-state index is -4.30. The molecule has 0 radical (unpaired) electrons. The highest BCUT2D eigenvalue weighted by Crippen LogP contribution is 2.39. The first-order valence-corrected chi connectivity index (χ1v) is 6.39. The molecule has 0 saturated heterocycles. The number of hydrogen-bond donors (Lipinski definition) is 1. The summed E-state index contributed by atoms with van der Waals surface area (Å²) in [4.78, 5) is 13.0. The zero-order chi connectivity index (χ0) is 14.7. The Kier molecular flexibility index (Phi) is 5.20. The van der Waals surface area contributed by atoms with Crippen molar-refractivity contribution in [3.05, 3.63) is 0 Å². The van der Waals surface area contributed by atoms with Gasteiger partial charge in [0.2, 0.25) is 0 Å². The molecular weight excluding hydrogens is 261 g/mol. The molecule has 1 atom stereocenters. The Morgan fingerprint density at radius 3 is 2.32 bits per heavy atom. The standard InChI is InChI=1S/C12H21F3N2O2/c1-3-6-17(8-12(13,14)15)7-11(16,9-4-5-9)10(18)19-2/h9H,3-8,16H2,1-2H3. The van der Waals surface area contributed by atoms with Crippen molar-refractivity contribution >= 4 is 5.97 Å². The molecule has 0 amide bonds. The summed E-state index contributed by atoms with van der Waals surface area (Å²) in [5.41, 5.74) is 4.70. The lowest BCUT2D eigenvalue weighted by Gasteiger charge is -2.33. The van der Waals surface area contributed by atoms with Crippen molar-refractivity contribution in [1.82, 2.24) is 4.90 Å². The summed E-state index contributed by atoms with van der Waals surface area (Å²) in [6.07, 6.45) is -2.21. The number of rotatable bonds is 7. The molecule has 1 aliphatic rings. The lowest BCUT2D eigenvalue weighted by Crippen LogP contribution is -2.59. The van der Waals surface area contributed by atoms with Gasteiger partial charge in [-0.2, -0.15) is 13.2 Å². The molecule has 0 aromatic rings. The van der Waals surface area contributed by atoms with Crippen LogP contribution in [-0.2, 0) is 9.53 Å². The topological polar surface area (TPSA) is 55.6 Å². The molecule has 112 valence electrons. The maximum atomic E-state index is 12.5. The third-order valence-electron chi connectivity index (χ3n) is 3.30. The van der Waals surface area contributed by atoms with E-state index >= 15 is 0 Å². The normalized spacial score (nSPS) is 19.3. The van der Waals surface area contributed by atoms with Gasteiger partial charge in [0, 0.05) is 6.54 Å². The smallest absolute Gasteiger partial charge is 0.401 e. The minimum absolute atomic E-state index is 0.0764. The number of carbonyl (C=O) groups is 1. The van der Waals surface area contributed by atoms with E-state index in [0.29, 0.717) is 6.42 Å². The van der Waals surface area contributed by atoms with E-state index in [4.69, 9.17) is 5.73 Å². The van der Waals surface area contributed by atoms with Crippen LogP contribution in [0.1, 0.15) is 26.2 Å². The van der Waals surface area contributed by atoms with Crippen molar-refractivity contribution < 1.29 is 22.7 Å². The van der Waals surface area contributed by atoms with Crippen LogP contribution in [-0.4, -0.2) is 49.3 Å². The van der Waals surface area contributed by atoms with Gasteiger partial charge in [0.15, 0.2) is 0 Å². The van der Waals surface area contributed by atoms with Gasteiger partial charge in [-0.15, -0.1) is 0 Å². The molecule has 1 fully saturated rings. The third kappa shape index (κ3) is 4.65. The van der Waals surface area contributed by atoms with Crippen LogP contribution in [0.3, 0.4) is 0 Å². The molecule has 0 bridgehead atoms. The van der Waals surface area contributed by atoms with E-state index in [1.807, 2.05) is 0 Å². The quantitative estimate of drug-likeness (QED) is 0.720. The van der Waals surface area contributed by atoms with Gasteiger partial charge in [0.1, 0.15) is 5.54 Å². The van der Waals surface area contributed by atoms with Crippen molar-refractivity contribution in [3.63, 3.8) is 0 Å². The number of ether oxygens (including phenoxy) is 1. The Morgan fingerprint density at radius 2 is 1.95 bits per heavy atom. The summed E-state index contributed by atoms with van der Waals surface area (Å²) in [5, 5.41) is 0. The van der Waals surface area contributed by atoms with Crippen LogP contribution in [0.5, 0.6) is 0 Å². The molecule has 1 unspecified atom stereocenters. The van der Waals surface area contributed by atoms with Gasteiger partial charge in [0.05, 0.1) is 13.7 Å². The minimum Gasteiger partial charge on any atom is -0.468 e. The molecular formula is C12H21F3N2O2. The molecule has 19 heavy (non-hydrogen) atoms. The van der Waals surface area contributed by atoms with E-state index in [1.165, 1.54) is 12.0 Å². The van der Waals surface area contributed by atoms with Gasteiger partial charge in [0.25, 0.3) is 0 Å². The predicted octanol–water partition coefficient (Wildman–Crippen LogP) is 1.54. The third-order valence-corrected chi connectivity index (χ3v) is 3.30. The average Bonchev–Trinajstić information content (AvgIpc) is 3.09. The predicted molar refractivity (Wildman–Crippen MR) is 64.4 cm³/mol. The van der Waals surface area contributed by atoms with Crippen LogP contribution in [0.15, 0.2) is 0 Å². The largest absolute Gasteiger partial charge is 0.468 e. The molecule has 2 N–H and O–H groups in total. The number of nitrogens with two attached hydrogens (primary N) is 1. The van der Waals surface area contributed by atoms with Crippen LogP contribution in [0.4, 0.5) is 13.2 Å². The van der Waals surface area contributed by atoms with Crippen LogP contribution in [0.25, 0.3) is 0 Å². The second-order valence-electron chi connectivity index (χ2n) is 5.13. The maximum Gasteiger partial charge on any atom is 0.401 e. The highest BCUT2D eigenvalue weighted by atomic mass is 19.4. The number of halogens is 3. The van der Waals surface area contributed by atoms with E-state index in [2.05, 4.69) is 4.74 Å². The van der Waals surface area contributed by atoms with Crippen LogP contribution < -0.4 is 5.73 Å². The number of carbonyl (C=O) groups excluding carboxylic acids is 1.